The van der Waals surface area contributed by atoms with Crippen molar-refractivity contribution in [1.29, 1.82) is 5.26 Å². The molecule has 1 aliphatic heterocycles. The molecule has 0 saturated carbocycles. The van der Waals surface area contributed by atoms with Gasteiger partial charge in [0.05, 0.1) is 24.3 Å². The zero-order valence-electron chi connectivity index (χ0n) is 14.4. The number of allylic oxidation sites excluding steroid dienone is 1. The Balaban J connectivity index is 1.93. The Labute approximate surface area is 160 Å². The molecule has 1 unspecified atom stereocenters. The first-order valence-corrected chi connectivity index (χ1v) is 8.56. The third kappa shape index (κ3) is 2.88. The molecule has 0 aliphatic carbocycles. The summed E-state index contributed by atoms with van der Waals surface area (Å²) in [5.41, 5.74) is 9.54. The molecular weight excluding hydrogens is 364 g/mol. The van der Waals surface area contributed by atoms with Crippen LogP contribution >= 0.6 is 11.6 Å². The number of halogens is 1. The Kier molecular flexibility index (Phi) is 4.22. The van der Waals surface area contributed by atoms with E-state index in [4.69, 9.17) is 26.8 Å². The molecule has 3 N–H and O–H groups in total. The highest BCUT2D eigenvalue weighted by Gasteiger charge is 2.35. The fourth-order valence-electron chi connectivity index (χ4n) is 3.23. The quantitative estimate of drug-likeness (QED) is 0.719. The molecule has 1 aliphatic rings. The van der Waals surface area contributed by atoms with Crippen molar-refractivity contribution in [3.05, 3.63) is 76.1 Å². The Morgan fingerprint density at radius 3 is 2.74 bits per heavy atom. The van der Waals surface area contributed by atoms with E-state index in [0.29, 0.717) is 22.2 Å². The summed E-state index contributed by atoms with van der Waals surface area (Å²) in [4.78, 5) is 0. The lowest BCUT2D eigenvalue weighted by Crippen LogP contribution is -2.20. The topological polar surface area (TPSA) is 97.0 Å². The molecule has 4 rings (SSSR count). The molecule has 0 spiro atoms. The summed E-state index contributed by atoms with van der Waals surface area (Å²) in [7, 11) is 1.61. The van der Waals surface area contributed by atoms with Crippen LogP contribution in [0, 0.1) is 11.3 Å². The highest BCUT2D eigenvalue weighted by Crippen LogP contribution is 2.45. The monoisotopic (exact) mass is 378 g/mol. The van der Waals surface area contributed by atoms with Gasteiger partial charge in [0.15, 0.2) is 0 Å². The van der Waals surface area contributed by atoms with Crippen molar-refractivity contribution in [2.24, 2.45) is 5.73 Å². The average Bonchev–Trinajstić information content (AvgIpc) is 3.11. The molecule has 0 fully saturated rings. The minimum Gasteiger partial charge on any atom is -0.497 e. The van der Waals surface area contributed by atoms with Crippen LogP contribution in [0.15, 0.2) is 60.0 Å². The molecule has 134 valence electrons. The number of benzene rings is 2. The molecular formula is C20H15ClN4O2. The largest absolute Gasteiger partial charge is 0.497 e. The van der Waals surface area contributed by atoms with Crippen LogP contribution in [-0.2, 0) is 0 Å². The van der Waals surface area contributed by atoms with E-state index in [2.05, 4.69) is 16.3 Å². The third-order valence-corrected chi connectivity index (χ3v) is 4.75. The number of nitrogens with zero attached hydrogens (tertiary/aromatic N) is 2. The van der Waals surface area contributed by atoms with Crippen LogP contribution in [0.2, 0.25) is 5.02 Å². The lowest BCUT2D eigenvalue weighted by atomic mass is 9.83. The first-order valence-electron chi connectivity index (χ1n) is 8.18. The van der Waals surface area contributed by atoms with Crippen molar-refractivity contribution in [2.45, 2.75) is 5.92 Å². The summed E-state index contributed by atoms with van der Waals surface area (Å²) >= 11 is 6.03. The molecule has 27 heavy (non-hydrogen) atoms. The maximum atomic E-state index is 9.71. The molecule has 2 aromatic carbocycles. The molecule has 6 nitrogen and oxygen atoms in total. The Morgan fingerprint density at radius 2 is 2.04 bits per heavy atom. The zero-order chi connectivity index (χ0) is 19.0. The van der Waals surface area contributed by atoms with Crippen LogP contribution in [-0.4, -0.2) is 17.3 Å². The zero-order valence-corrected chi connectivity index (χ0v) is 15.1. The molecule has 2 heterocycles. The van der Waals surface area contributed by atoms with Crippen molar-refractivity contribution < 1.29 is 9.47 Å². The van der Waals surface area contributed by atoms with Crippen LogP contribution in [0.3, 0.4) is 0 Å². The summed E-state index contributed by atoms with van der Waals surface area (Å²) in [5.74, 6) is 0.695. The summed E-state index contributed by atoms with van der Waals surface area (Å²) in [6.07, 6.45) is 0. The number of H-pyrrole nitrogens is 1. The molecule has 1 atom stereocenters. The fraction of sp³-hybridized carbons (Fsp3) is 0.100. The predicted molar refractivity (Wildman–Crippen MR) is 101 cm³/mol. The van der Waals surface area contributed by atoms with Gasteiger partial charge in [0.25, 0.3) is 0 Å². The van der Waals surface area contributed by atoms with E-state index >= 15 is 0 Å². The van der Waals surface area contributed by atoms with Crippen molar-refractivity contribution in [2.75, 3.05) is 7.11 Å². The van der Waals surface area contributed by atoms with Gasteiger partial charge in [-0.05, 0) is 29.8 Å². The molecule has 0 radical (unpaired) electrons. The van der Waals surface area contributed by atoms with Crippen LogP contribution < -0.4 is 15.2 Å². The summed E-state index contributed by atoms with van der Waals surface area (Å²) < 4.78 is 10.9. The first kappa shape index (κ1) is 17.0. The maximum Gasteiger partial charge on any atom is 0.244 e. The summed E-state index contributed by atoms with van der Waals surface area (Å²) in [6, 6.07) is 17.0. The number of aromatic nitrogens is 2. The van der Waals surface area contributed by atoms with Crippen LogP contribution in [0.4, 0.5) is 0 Å². The third-order valence-electron chi connectivity index (χ3n) is 4.50. The van der Waals surface area contributed by atoms with Gasteiger partial charge in [0, 0.05) is 10.6 Å². The highest BCUT2D eigenvalue weighted by atomic mass is 35.5. The van der Waals surface area contributed by atoms with Crippen LogP contribution in [0.5, 0.6) is 11.6 Å². The SMILES string of the molecule is COc1cccc(-c2[nH]nc3c2C(c2ccc(Cl)cc2)C(C#N)=C(N)O3)c1. The number of hydrogen-bond acceptors (Lipinski definition) is 5. The maximum absolute atomic E-state index is 9.71. The average molecular weight is 379 g/mol. The number of aromatic amines is 1. The Bertz CT molecular complexity index is 1080. The summed E-state index contributed by atoms with van der Waals surface area (Å²) in [6.45, 7) is 0. The van der Waals surface area contributed by atoms with Crippen molar-refractivity contribution in [3.63, 3.8) is 0 Å². The number of rotatable bonds is 3. The van der Waals surface area contributed by atoms with Gasteiger partial charge in [-0.2, -0.15) is 5.26 Å². The second kappa shape index (κ2) is 6.71. The number of fused-ring (bicyclic) bond motifs is 1. The Hall–Kier alpha value is -3.43. The molecule has 7 heteroatoms. The van der Waals surface area contributed by atoms with Gasteiger partial charge in [-0.3, -0.25) is 5.10 Å². The number of nitrogens with one attached hydrogen (secondary N) is 1. The number of nitriles is 1. The lowest BCUT2D eigenvalue weighted by Gasteiger charge is -2.24. The van der Waals surface area contributed by atoms with E-state index in [1.54, 1.807) is 19.2 Å². The molecule has 0 amide bonds. The summed E-state index contributed by atoms with van der Waals surface area (Å²) in [5, 5.41) is 17.6. The van der Waals surface area contributed by atoms with Gasteiger partial charge in [-0.1, -0.05) is 35.9 Å². The molecule has 0 saturated heterocycles. The normalized spacial score (nSPS) is 15.7. The number of hydrogen-bond donors (Lipinski definition) is 2. The van der Waals surface area contributed by atoms with E-state index in [0.717, 1.165) is 22.4 Å². The minimum atomic E-state index is -0.420. The second-order valence-corrected chi connectivity index (χ2v) is 6.46. The van der Waals surface area contributed by atoms with Crippen LogP contribution in [0.25, 0.3) is 11.3 Å². The van der Waals surface area contributed by atoms with Gasteiger partial charge >= 0.3 is 0 Å². The van der Waals surface area contributed by atoms with Crippen molar-refractivity contribution >= 4 is 11.6 Å². The number of nitrogens with two attached hydrogens (primary N) is 1. The van der Waals surface area contributed by atoms with Gasteiger partial charge in [0.2, 0.25) is 11.8 Å². The predicted octanol–water partition coefficient (Wildman–Crippen LogP) is 3.96. The molecule has 3 aromatic rings. The smallest absolute Gasteiger partial charge is 0.244 e. The van der Waals surface area contributed by atoms with E-state index in [-0.39, 0.29) is 5.88 Å². The van der Waals surface area contributed by atoms with Gasteiger partial charge < -0.3 is 15.2 Å². The molecule has 1 aromatic heterocycles. The first-order chi connectivity index (χ1) is 13.1. The van der Waals surface area contributed by atoms with E-state index in [1.807, 2.05) is 36.4 Å². The number of methoxy groups -OCH3 is 1. The number of ether oxygens (including phenoxy) is 2. The van der Waals surface area contributed by atoms with E-state index < -0.39 is 5.92 Å². The van der Waals surface area contributed by atoms with Crippen LogP contribution in [0.1, 0.15) is 17.0 Å². The van der Waals surface area contributed by atoms with Gasteiger partial charge in [0.1, 0.15) is 17.4 Å². The van der Waals surface area contributed by atoms with Crippen molar-refractivity contribution in [1.82, 2.24) is 10.2 Å². The highest BCUT2D eigenvalue weighted by molar-refractivity contribution is 6.30. The fourth-order valence-corrected chi connectivity index (χ4v) is 3.36. The lowest BCUT2D eigenvalue weighted by molar-refractivity contribution is 0.379. The van der Waals surface area contributed by atoms with Crippen molar-refractivity contribution in [3.8, 4) is 29.0 Å². The van der Waals surface area contributed by atoms with E-state index in [1.165, 1.54) is 0 Å². The van der Waals surface area contributed by atoms with Gasteiger partial charge in [-0.15, -0.1) is 5.10 Å². The second-order valence-electron chi connectivity index (χ2n) is 6.03. The van der Waals surface area contributed by atoms with E-state index in [9.17, 15) is 5.26 Å². The minimum absolute atomic E-state index is 0.0497. The standard InChI is InChI=1S/C20H15ClN4O2/c1-26-14-4-2-3-12(9-14)18-17-16(11-5-7-13(21)8-6-11)15(10-22)19(23)27-20(17)25-24-18/h2-9,16H,23H2,1H3,(H,24,25). The van der Waals surface area contributed by atoms with Gasteiger partial charge in [-0.25, -0.2) is 0 Å². The Morgan fingerprint density at radius 1 is 1.26 bits per heavy atom. The molecule has 0 bridgehead atoms.